The van der Waals surface area contributed by atoms with Gasteiger partial charge in [0.05, 0.1) is 12.3 Å². The van der Waals surface area contributed by atoms with E-state index in [1.165, 1.54) is 19.3 Å². The lowest BCUT2D eigenvalue weighted by atomic mass is 10.1. The van der Waals surface area contributed by atoms with Gasteiger partial charge in [0.2, 0.25) is 0 Å². The molecule has 1 aliphatic rings. The van der Waals surface area contributed by atoms with Crippen molar-refractivity contribution in [3.05, 3.63) is 17.3 Å². The van der Waals surface area contributed by atoms with E-state index < -0.39 is 0 Å². The van der Waals surface area contributed by atoms with Crippen LogP contribution in [0.15, 0.2) is 11.6 Å². The Hall–Kier alpha value is -1.07. The Bertz CT molecular complexity index is 556. The molecule has 3 rings (SSSR count). The zero-order chi connectivity index (χ0) is 13.4. The lowest BCUT2D eigenvalue weighted by Crippen LogP contribution is -2.29. The summed E-state index contributed by atoms with van der Waals surface area (Å²) in [7, 11) is 0. The van der Waals surface area contributed by atoms with Gasteiger partial charge in [-0.05, 0) is 25.2 Å². The molecule has 4 nitrogen and oxygen atoms in total. The molecular weight excluding hydrogens is 258 g/mol. The fourth-order valence-corrected chi connectivity index (χ4v) is 3.17. The van der Waals surface area contributed by atoms with Crippen LogP contribution < -0.4 is 4.90 Å². The van der Waals surface area contributed by atoms with Gasteiger partial charge in [-0.3, -0.25) is 4.40 Å². The maximum atomic E-state index is 9.67. The number of nitrogens with zero attached hydrogens (tertiary/aromatic N) is 3. The van der Waals surface area contributed by atoms with Crippen LogP contribution in [0.1, 0.15) is 38.8 Å². The SMILES string of the molecule is CC(C)CCN(c1nc2sccn2c1CO)C1CC1. The maximum Gasteiger partial charge on any atom is 0.195 e. The summed E-state index contributed by atoms with van der Waals surface area (Å²) >= 11 is 1.63. The highest BCUT2D eigenvalue weighted by molar-refractivity contribution is 7.15. The standard InChI is InChI=1S/C14H21N3OS/c1-10(2)5-6-16(11-3-4-11)13-12(9-18)17-7-8-19-14(17)15-13/h7-8,10-11,18H,3-6,9H2,1-2H3. The van der Waals surface area contributed by atoms with Gasteiger partial charge in [-0.15, -0.1) is 11.3 Å². The third kappa shape index (κ3) is 2.49. The number of hydrogen-bond acceptors (Lipinski definition) is 4. The molecule has 0 amide bonds. The predicted molar refractivity (Wildman–Crippen MR) is 78.8 cm³/mol. The van der Waals surface area contributed by atoms with Gasteiger partial charge in [-0.25, -0.2) is 4.98 Å². The Kier molecular flexibility index (Phi) is 3.50. The summed E-state index contributed by atoms with van der Waals surface area (Å²) in [6.07, 6.45) is 5.68. The Balaban J connectivity index is 1.92. The van der Waals surface area contributed by atoms with E-state index in [2.05, 4.69) is 18.7 Å². The minimum atomic E-state index is 0.0537. The zero-order valence-electron chi connectivity index (χ0n) is 11.5. The van der Waals surface area contributed by atoms with Crippen molar-refractivity contribution in [1.29, 1.82) is 0 Å². The molecule has 2 heterocycles. The first-order chi connectivity index (χ1) is 9.20. The fraction of sp³-hybridized carbons (Fsp3) is 0.643. The Labute approximate surface area is 117 Å². The lowest BCUT2D eigenvalue weighted by Gasteiger charge is -2.24. The van der Waals surface area contributed by atoms with Crippen molar-refractivity contribution in [3.63, 3.8) is 0 Å². The number of thiazole rings is 1. The monoisotopic (exact) mass is 279 g/mol. The third-order valence-corrected chi connectivity index (χ3v) is 4.45. The largest absolute Gasteiger partial charge is 0.390 e. The second kappa shape index (κ2) is 5.13. The van der Waals surface area contributed by atoms with Crippen molar-refractivity contribution in [3.8, 4) is 0 Å². The van der Waals surface area contributed by atoms with E-state index >= 15 is 0 Å². The van der Waals surface area contributed by atoms with Crippen molar-refractivity contribution in [2.24, 2.45) is 5.92 Å². The molecule has 0 atom stereocenters. The molecule has 0 radical (unpaired) electrons. The van der Waals surface area contributed by atoms with Gasteiger partial charge in [0.15, 0.2) is 10.8 Å². The van der Waals surface area contributed by atoms with Crippen LogP contribution in [0.5, 0.6) is 0 Å². The van der Waals surface area contributed by atoms with E-state index in [0.29, 0.717) is 12.0 Å². The van der Waals surface area contributed by atoms with Crippen molar-refractivity contribution < 1.29 is 5.11 Å². The highest BCUT2D eigenvalue weighted by Gasteiger charge is 2.32. The molecule has 1 N–H and O–H groups in total. The summed E-state index contributed by atoms with van der Waals surface area (Å²) in [4.78, 5) is 8.12. The number of fused-ring (bicyclic) bond motifs is 1. The number of aliphatic hydroxyl groups excluding tert-OH is 1. The molecule has 0 saturated heterocycles. The zero-order valence-corrected chi connectivity index (χ0v) is 12.4. The lowest BCUT2D eigenvalue weighted by molar-refractivity contribution is 0.276. The van der Waals surface area contributed by atoms with E-state index in [0.717, 1.165) is 23.0 Å². The summed E-state index contributed by atoms with van der Waals surface area (Å²) in [5.74, 6) is 1.69. The Morgan fingerprint density at radius 1 is 1.53 bits per heavy atom. The highest BCUT2D eigenvalue weighted by atomic mass is 32.1. The van der Waals surface area contributed by atoms with Crippen LogP contribution >= 0.6 is 11.3 Å². The van der Waals surface area contributed by atoms with E-state index in [1.54, 1.807) is 11.3 Å². The summed E-state index contributed by atoms with van der Waals surface area (Å²) < 4.78 is 2.02. The smallest absolute Gasteiger partial charge is 0.195 e. The van der Waals surface area contributed by atoms with Crippen LogP contribution in [-0.2, 0) is 6.61 Å². The molecule has 0 aliphatic heterocycles. The first-order valence-electron chi connectivity index (χ1n) is 7.02. The van der Waals surface area contributed by atoms with Crippen molar-refractivity contribution >= 4 is 22.1 Å². The number of rotatable bonds is 6. The Morgan fingerprint density at radius 3 is 2.95 bits per heavy atom. The van der Waals surface area contributed by atoms with Crippen molar-refractivity contribution in [2.45, 2.75) is 45.8 Å². The quantitative estimate of drug-likeness (QED) is 0.884. The number of anilines is 1. The highest BCUT2D eigenvalue weighted by Crippen LogP contribution is 2.34. The molecule has 0 unspecified atom stereocenters. The van der Waals surface area contributed by atoms with Crippen molar-refractivity contribution in [2.75, 3.05) is 11.4 Å². The minimum Gasteiger partial charge on any atom is -0.390 e. The van der Waals surface area contributed by atoms with E-state index in [9.17, 15) is 5.11 Å². The van der Waals surface area contributed by atoms with Gasteiger partial charge >= 0.3 is 0 Å². The van der Waals surface area contributed by atoms with Gasteiger partial charge in [-0.2, -0.15) is 0 Å². The van der Waals surface area contributed by atoms with Crippen LogP contribution in [0.2, 0.25) is 0 Å². The van der Waals surface area contributed by atoms with Crippen LogP contribution in [-0.4, -0.2) is 27.1 Å². The summed E-state index contributed by atoms with van der Waals surface area (Å²) in [5, 5.41) is 11.7. The molecule has 1 fully saturated rings. The average molecular weight is 279 g/mol. The minimum absolute atomic E-state index is 0.0537. The fourth-order valence-electron chi connectivity index (χ4n) is 2.44. The Morgan fingerprint density at radius 2 is 2.32 bits per heavy atom. The molecule has 1 aliphatic carbocycles. The topological polar surface area (TPSA) is 40.8 Å². The van der Waals surface area contributed by atoms with Gasteiger partial charge in [0.1, 0.15) is 0 Å². The number of hydrogen-bond donors (Lipinski definition) is 1. The number of aliphatic hydroxyl groups is 1. The maximum absolute atomic E-state index is 9.67. The molecule has 0 bridgehead atoms. The number of imidazole rings is 1. The molecule has 2 aromatic heterocycles. The third-order valence-electron chi connectivity index (χ3n) is 3.70. The molecule has 5 heteroatoms. The molecule has 0 spiro atoms. The van der Waals surface area contributed by atoms with E-state index in [-0.39, 0.29) is 6.61 Å². The van der Waals surface area contributed by atoms with Gasteiger partial charge < -0.3 is 10.0 Å². The molecule has 0 aromatic carbocycles. The van der Waals surface area contributed by atoms with Crippen molar-refractivity contribution in [1.82, 2.24) is 9.38 Å². The van der Waals surface area contributed by atoms with Gasteiger partial charge in [0.25, 0.3) is 0 Å². The summed E-state index contributed by atoms with van der Waals surface area (Å²) in [5.41, 5.74) is 0.937. The molecule has 19 heavy (non-hydrogen) atoms. The normalized spacial score (nSPS) is 15.6. The first-order valence-corrected chi connectivity index (χ1v) is 7.90. The van der Waals surface area contributed by atoms with E-state index in [1.807, 2.05) is 16.0 Å². The first kappa shape index (κ1) is 12.9. The van der Waals surface area contributed by atoms with Crippen LogP contribution in [0, 0.1) is 5.92 Å². The van der Waals surface area contributed by atoms with E-state index in [4.69, 9.17) is 4.98 Å². The summed E-state index contributed by atoms with van der Waals surface area (Å²) in [6.45, 7) is 5.60. The second-order valence-corrected chi connectivity index (χ2v) is 6.58. The molecular formula is C14H21N3OS. The molecule has 104 valence electrons. The summed E-state index contributed by atoms with van der Waals surface area (Å²) in [6, 6.07) is 0.633. The van der Waals surface area contributed by atoms with Gasteiger partial charge in [-0.1, -0.05) is 13.8 Å². The number of aromatic nitrogens is 2. The predicted octanol–water partition coefficient (Wildman–Crippen LogP) is 2.90. The van der Waals surface area contributed by atoms with Gasteiger partial charge in [0, 0.05) is 24.2 Å². The average Bonchev–Trinajstić information content (AvgIpc) is 2.99. The molecule has 2 aromatic rings. The molecule has 1 saturated carbocycles. The van der Waals surface area contributed by atoms with Crippen LogP contribution in [0.3, 0.4) is 0 Å². The van der Waals surface area contributed by atoms with Crippen LogP contribution in [0.4, 0.5) is 5.82 Å². The van der Waals surface area contributed by atoms with Crippen LogP contribution in [0.25, 0.3) is 4.96 Å². The second-order valence-electron chi connectivity index (χ2n) is 5.70.